The van der Waals surface area contributed by atoms with Crippen LogP contribution in [0.2, 0.25) is 0 Å². The van der Waals surface area contributed by atoms with Crippen LogP contribution in [0.3, 0.4) is 0 Å². The molecule has 3 rings (SSSR count). The predicted molar refractivity (Wildman–Crippen MR) is 127 cm³/mol. The minimum absolute atomic E-state index is 0.133. The quantitative estimate of drug-likeness (QED) is 0.560. The second-order valence-corrected chi connectivity index (χ2v) is 9.64. The maximum atomic E-state index is 13.2. The third-order valence-corrected chi connectivity index (χ3v) is 6.86. The minimum atomic E-state index is -0.430. The molecule has 1 heterocycles. The Labute approximate surface area is 197 Å². The van der Waals surface area contributed by atoms with Crippen LogP contribution in [0.15, 0.2) is 30.3 Å². The summed E-state index contributed by atoms with van der Waals surface area (Å²) in [7, 11) is 0. The Balaban J connectivity index is 1.41. The second-order valence-electron chi connectivity index (χ2n) is 9.64. The summed E-state index contributed by atoms with van der Waals surface area (Å²) in [6, 6.07) is 12.3. The zero-order chi connectivity index (χ0) is 23.5. The second kappa shape index (κ2) is 13.2. The molecule has 0 spiro atoms. The summed E-state index contributed by atoms with van der Waals surface area (Å²) in [6.45, 7) is 5.36. The van der Waals surface area contributed by atoms with Crippen LogP contribution < -0.4 is 10.6 Å². The monoisotopic (exact) mass is 454 g/mol. The molecule has 2 amide bonds. The lowest BCUT2D eigenvalue weighted by Gasteiger charge is -2.35. The molecular weight excluding hydrogens is 416 g/mol. The van der Waals surface area contributed by atoms with Crippen molar-refractivity contribution in [2.45, 2.75) is 64.5 Å². The lowest BCUT2D eigenvalue weighted by atomic mass is 9.81. The molecule has 1 saturated carbocycles. The zero-order valence-corrected chi connectivity index (χ0v) is 19.8. The van der Waals surface area contributed by atoms with Crippen molar-refractivity contribution in [1.29, 1.82) is 5.26 Å². The van der Waals surface area contributed by atoms with Gasteiger partial charge in [-0.05, 0) is 56.0 Å². The van der Waals surface area contributed by atoms with Gasteiger partial charge in [-0.25, -0.2) is 4.79 Å². The fourth-order valence-electron chi connectivity index (χ4n) is 4.92. The summed E-state index contributed by atoms with van der Waals surface area (Å²) in [5.74, 6) is 0.919. The molecule has 7 heteroatoms. The highest BCUT2D eigenvalue weighted by Gasteiger charge is 2.31. The highest BCUT2D eigenvalue weighted by atomic mass is 16.5. The molecule has 4 atom stereocenters. The van der Waals surface area contributed by atoms with E-state index in [1.54, 1.807) is 0 Å². The number of nitrogens with one attached hydrogen (secondary N) is 2. The van der Waals surface area contributed by atoms with Crippen molar-refractivity contribution >= 4 is 12.0 Å². The van der Waals surface area contributed by atoms with Gasteiger partial charge in [0, 0.05) is 38.0 Å². The Morgan fingerprint density at radius 3 is 2.82 bits per heavy atom. The molecule has 1 aromatic carbocycles. The Bertz CT molecular complexity index is 788. The Morgan fingerprint density at radius 1 is 1.27 bits per heavy atom. The van der Waals surface area contributed by atoms with E-state index in [1.807, 2.05) is 30.3 Å². The van der Waals surface area contributed by atoms with Gasteiger partial charge in [0.25, 0.3) is 0 Å². The SMILES string of the molecule is CC(CCNC(=O)OCc1ccccc1)CC(=O)N(CC1CCCC(C#N)C1)C1CCNC1. The smallest absolute Gasteiger partial charge is 0.407 e. The highest BCUT2D eigenvalue weighted by Crippen LogP contribution is 2.30. The van der Waals surface area contributed by atoms with Gasteiger partial charge >= 0.3 is 6.09 Å². The average Bonchev–Trinajstić information content (AvgIpc) is 3.36. The van der Waals surface area contributed by atoms with E-state index in [-0.39, 0.29) is 30.4 Å². The average molecular weight is 455 g/mol. The van der Waals surface area contributed by atoms with Gasteiger partial charge in [0.05, 0.1) is 6.07 Å². The van der Waals surface area contributed by atoms with Gasteiger partial charge in [0.15, 0.2) is 0 Å². The molecule has 1 saturated heterocycles. The van der Waals surface area contributed by atoms with E-state index in [2.05, 4.69) is 28.5 Å². The van der Waals surface area contributed by atoms with Crippen LogP contribution >= 0.6 is 0 Å². The molecule has 2 aliphatic rings. The van der Waals surface area contributed by atoms with Crippen LogP contribution in [0.5, 0.6) is 0 Å². The predicted octanol–water partition coefficient (Wildman–Crippen LogP) is 3.85. The topological polar surface area (TPSA) is 94.5 Å². The fraction of sp³-hybridized carbons (Fsp3) is 0.654. The van der Waals surface area contributed by atoms with Gasteiger partial charge in [-0.1, -0.05) is 43.7 Å². The number of hydrogen-bond acceptors (Lipinski definition) is 5. The molecule has 2 N–H and O–H groups in total. The number of nitrogens with zero attached hydrogens (tertiary/aromatic N) is 2. The molecule has 1 aliphatic carbocycles. The first-order chi connectivity index (χ1) is 16.0. The molecule has 0 bridgehead atoms. The number of rotatable bonds is 10. The first kappa shape index (κ1) is 25.0. The molecule has 180 valence electrons. The Hall–Kier alpha value is -2.59. The summed E-state index contributed by atoms with van der Waals surface area (Å²) < 4.78 is 5.24. The van der Waals surface area contributed by atoms with Crippen molar-refractivity contribution in [2.75, 3.05) is 26.2 Å². The maximum Gasteiger partial charge on any atom is 0.407 e. The fourth-order valence-corrected chi connectivity index (χ4v) is 4.92. The van der Waals surface area contributed by atoms with Gasteiger partial charge in [0.2, 0.25) is 5.91 Å². The van der Waals surface area contributed by atoms with Crippen molar-refractivity contribution < 1.29 is 14.3 Å². The molecule has 0 radical (unpaired) electrons. The first-order valence-corrected chi connectivity index (χ1v) is 12.4. The zero-order valence-electron chi connectivity index (χ0n) is 19.8. The molecule has 2 fully saturated rings. The largest absolute Gasteiger partial charge is 0.445 e. The lowest BCUT2D eigenvalue weighted by Crippen LogP contribution is -2.45. The Kier molecular flexibility index (Phi) is 10.0. The summed E-state index contributed by atoms with van der Waals surface area (Å²) in [5.41, 5.74) is 0.951. The molecule has 4 unspecified atom stereocenters. The van der Waals surface area contributed by atoms with Crippen molar-refractivity contribution in [2.24, 2.45) is 17.8 Å². The summed E-state index contributed by atoms with van der Waals surface area (Å²) in [5, 5.41) is 15.5. The van der Waals surface area contributed by atoms with Crippen LogP contribution in [0.4, 0.5) is 4.79 Å². The molecular formula is C26H38N4O3. The maximum absolute atomic E-state index is 13.2. The van der Waals surface area contributed by atoms with Crippen LogP contribution in [-0.2, 0) is 16.1 Å². The van der Waals surface area contributed by atoms with Crippen molar-refractivity contribution in [1.82, 2.24) is 15.5 Å². The standard InChI is InChI=1S/C26H38N4O3/c1-20(10-13-29-26(32)33-19-21-6-3-2-4-7-21)14-25(31)30(24-11-12-28-17-24)18-23-9-5-8-22(15-23)16-27/h2-4,6-7,20,22-24,28H,5,8-15,17-19H2,1H3,(H,29,32). The Morgan fingerprint density at radius 2 is 2.09 bits per heavy atom. The van der Waals surface area contributed by atoms with E-state index in [0.717, 1.165) is 63.7 Å². The van der Waals surface area contributed by atoms with Gasteiger partial charge < -0.3 is 20.3 Å². The van der Waals surface area contributed by atoms with Crippen molar-refractivity contribution in [3.8, 4) is 6.07 Å². The van der Waals surface area contributed by atoms with Crippen LogP contribution in [-0.4, -0.2) is 49.1 Å². The van der Waals surface area contributed by atoms with E-state index in [0.29, 0.717) is 18.9 Å². The van der Waals surface area contributed by atoms with Gasteiger partial charge in [-0.2, -0.15) is 5.26 Å². The third-order valence-electron chi connectivity index (χ3n) is 6.86. The lowest BCUT2D eigenvalue weighted by molar-refractivity contribution is -0.135. The van der Waals surface area contributed by atoms with E-state index < -0.39 is 6.09 Å². The molecule has 7 nitrogen and oxygen atoms in total. The number of benzene rings is 1. The number of hydrogen-bond donors (Lipinski definition) is 2. The highest BCUT2D eigenvalue weighted by molar-refractivity contribution is 5.77. The number of carbonyl (C=O) groups excluding carboxylic acids is 2. The number of carbonyl (C=O) groups is 2. The van der Waals surface area contributed by atoms with Crippen LogP contribution in [0.25, 0.3) is 0 Å². The van der Waals surface area contributed by atoms with E-state index in [4.69, 9.17) is 4.74 Å². The molecule has 1 aliphatic heterocycles. The molecule has 1 aromatic rings. The summed E-state index contributed by atoms with van der Waals surface area (Å²) >= 11 is 0. The van der Waals surface area contributed by atoms with E-state index in [9.17, 15) is 14.9 Å². The van der Waals surface area contributed by atoms with Crippen molar-refractivity contribution in [3.05, 3.63) is 35.9 Å². The molecule has 33 heavy (non-hydrogen) atoms. The number of nitriles is 1. The van der Waals surface area contributed by atoms with E-state index in [1.165, 1.54) is 0 Å². The third kappa shape index (κ3) is 8.36. The minimum Gasteiger partial charge on any atom is -0.445 e. The van der Waals surface area contributed by atoms with Crippen LogP contribution in [0.1, 0.15) is 57.4 Å². The molecule has 0 aromatic heterocycles. The summed E-state index contributed by atoms with van der Waals surface area (Å²) in [4.78, 5) is 27.3. The first-order valence-electron chi connectivity index (χ1n) is 12.4. The number of amides is 2. The van der Waals surface area contributed by atoms with Crippen LogP contribution in [0, 0.1) is 29.1 Å². The number of alkyl carbamates (subject to hydrolysis) is 1. The van der Waals surface area contributed by atoms with Gasteiger partial charge in [0.1, 0.15) is 6.61 Å². The van der Waals surface area contributed by atoms with Gasteiger partial charge in [-0.3, -0.25) is 4.79 Å². The number of ether oxygens (including phenoxy) is 1. The van der Waals surface area contributed by atoms with Gasteiger partial charge in [-0.15, -0.1) is 0 Å². The normalized spacial score (nSPS) is 23.3. The summed E-state index contributed by atoms with van der Waals surface area (Å²) in [6.07, 6.45) is 5.84. The van der Waals surface area contributed by atoms with E-state index >= 15 is 0 Å². The van der Waals surface area contributed by atoms with Crippen molar-refractivity contribution in [3.63, 3.8) is 0 Å².